The summed E-state index contributed by atoms with van der Waals surface area (Å²) in [6.45, 7) is 1.51. The van der Waals surface area contributed by atoms with Gasteiger partial charge in [0.05, 0.1) is 35.5 Å². The van der Waals surface area contributed by atoms with Gasteiger partial charge in [-0.3, -0.25) is 4.99 Å². The fourth-order valence-electron chi connectivity index (χ4n) is 4.99. The first kappa shape index (κ1) is 22.0. The van der Waals surface area contributed by atoms with Crippen molar-refractivity contribution in [2.45, 2.75) is 25.3 Å². The Morgan fingerprint density at radius 3 is 2.57 bits per heavy atom. The molecule has 7 heteroatoms. The minimum Gasteiger partial charge on any atom is -0.381 e. The number of hydrogen-bond acceptors (Lipinski definition) is 6. The van der Waals surface area contributed by atoms with Crippen LogP contribution >= 0.6 is 11.6 Å². The third kappa shape index (κ3) is 4.59. The van der Waals surface area contributed by atoms with Crippen molar-refractivity contribution in [1.29, 1.82) is 0 Å². The Bertz CT molecular complexity index is 1300. The van der Waals surface area contributed by atoms with E-state index in [0.29, 0.717) is 0 Å². The summed E-state index contributed by atoms with van der Waals surface area (Å²) in [5, 5.41) is 4.26. The number of nitrogens with one attached hydrogen (secondary N) is 1. The lowest BCUT2D eigenvalue weighted by Gasteiger charge is -2.40. The molecule has 3 aromatic rings. The average Bonchev–Trinajstić information content (AvgIpc) is 2.90. The molecule has 0 saturated carbocycles. The molecule has 0 amide bonds. The van der Waals surface area contributed by atoms with E-state index in [4.69, 9.17) is 21.3 Å². The number of aliphatic imine (C=N–C) groups is 1. The lowest BCUT2D eigenvalue weighted by atomic mass is 9.84. The first-order chi connectivity index (χ1) is 17.2. The maximum atomic E-state index is 6.23. The summed E-state index contributed by atoms with van der Waals surface area (Å²) in [7, 11) is 0. The average molecular weight is 484 g/mol. The van der Waals surface area contributed by atoms with Gasteiger partial charge in [0.2, 0.25) is 0 Å². The molecule has 2 aromatic carbocycles. The predicted molar refractivity (Wildman–Crippen MR) is 140 cm³/mol. The molecule has 176 valence electrons. The first-order valence-electron chi connectivity index (χ1n) is 12.0. The molecule has 2 aliphatic heterocycles. The summed E-state index contributed by atoms with van der Waals surface area (Å²) in [6.07, 6.45) is 12.5. The van der Waals surface area contributed by atoms with Crippen molar-refractivity contribution in [3.63, 3.8) is 0 Å². The van der Waals surface area contributed by atoms with Gasteiger partial charge in [-0.15, -0.1) is 0 Å². The number of anilines is 3. The highest BCUT2D eigenvalue weighted by molar-refractivity contribution is 6.30. The second-order valence-corrected chi connectivity index (χ2v) is 9.45. The van der Waals surface area contributed by atoms with Crippen LogP contribution in [0.15, 0.2) is 95.8 Å². The highest BCUT2D eigenvalue weighted by atomic mass is 35.5. The lowest BCUT2D eigenvalue weighted by Crippen LogP contribution is -2.33. The molecule has 1 aliphatic carbocycles. The molecule has 1 N–H and O–H groups in total. The Morgan fingerprint density at radius 1 is 1.00 bits per heavy atom. The molecule has 35 heavy (non-hydrogen) atoms. The van der Waals surface area contributed by atoms with Crippen molar-refractivity contribution < 1.29 is 4.74 Å². The summed E-state index contributed by atoms with van der Waals surface area (Å²) in [5.74, 6) is 0.196. The van der Waals surface area contributed by atoms with E-state index in [9.17, 15) is 0 Å². The molecule has 0 bridgehead atoms. The van der Waals surface area contributed by atoms with Gasteiger partial charge in [0.1, 0.15) is 6.33 Å². The number of nitrogens with zero attached hydrogens (tertiary/aromatic N) is 4. The maximum Gasteiger partial charge on any atom is 0.115 e. The number of aromatic nitrogens is 2. The summed E-state index contributed by atoms with van der Waals surface area (Å²) >= 11 is 6.23. The van der Waals surface area contributed by atoms with Gasteiger partial charge in [-0.2, -0.15) is 0 Å². The standard InChI is InChI=1S/C28H26ClN5O/c29-21-5-7-24(8-6-21)34-27-4-2-1-3-19(27)13-20-14-25(33-23-16-30-18-31-17-23)26(15-28(20)34)32-22-9-11-35-12-10-22/h1-8,14-18,20,22,33H,9-13H2. The third-order valence-electron chi connectivity index (χ3n) is 6.68. The Morgan fingerprint density at radius 2 is 1.77 bits per heavy atom. The molecular formula is C28H26ClN5O. The van der Waals surface area contributed by atoms with Crippen molar-refractivity contribution in [2.75, 3.05) is 23.4 Å². The molecule has 1 atom stereocenters. The van der Waals surface area contributed by atoms with Gasteiger partial charge in [-0.05, 0) is 67.3 Å². The van der Waals surface area contributed by atoms with Crippen molar-refractivity contribution in [1.82, 2.24) is 9.97 Å². The van der Waals surface area contributed by atoms with Crippen LogP contribution in [0.1, 0.15) is 18.4 Å². The van der Waals surface area contributed by atoms with Crippen LogP contribution in [-0.4, -0.2) is 34.9 Å². The van der Waals surface area contributed by atoms with Crippen molar-refractivity contribution in [3.8, 4) is 0 Å². The van der Waals surface area contributed by atoms with Gasteiger partial charge < -0.3 is 15.0 Å². The van der Waals surface area contributed by atoms with E-state index in [2.05, 4.69) is 68.7 Å². The highest BCUT2D eigenvalue weighted by Crippen LogP contribution is 2.44. The minimum absolute atomic E-state index is 0.196. The fourth-order valence-corrected chi connectivity index (χ4v) is 5.12. The van der Waals surface area contributed by atoms with E-state index < -0.39 is 0 Å². The van der Waals surface area contributed by atoms with E-state index in [1.54, 1.807) is 12.4 Å². The summed E-state index contributed by atoms with van der Waals surface area (Å²) in [6, 6.07) is 16.9. The SMILES string of the molecule is Clc1ccc(N2C3=CC(=NC4CCOCC4)C(Nc4cncnc4)=CC3Cc3ccccc32)cc1. The molecule has 3 aliphatic rings. The largest absolute Gasteiger partial charge is 0.381 e. The van der Waals surface area contributed by atoms with Crippen LogP contribution in [0.25, 0.3) is 0 Å². The van der Waals surface area contributed by atoms with Crippen molar-refractivity contribution in [3.05, 3.63) is 101 Å². The maximum absolute atomic E-state index is 6.23. The Kier molecular flexibility index (Phi) is 6.06. The van der Waals surface area contributed by atoms with Gasteiger partial charge in [0, 0.05) is 41.2 Å². The highest BCUT2D eigenvalue weighted by Gasteiger charge is 2.33. The van der Waals surface area contributed by atoms with E-state index >= 15 is 0 Å². The number of allylic oxidation sites excluding steroid dienone is 2. The van der Waals surface area contributed by atoms with E-state index in [1.807, 2.05) is 12.1 Å². The van der Waals surface area contributed by atoms with Crippen LogP contribution in [0.5, 0.6) is 0 Å². The molecule has 6 nitrogen and oxygen atoms in total. The molecule has 6 rings (SSSR count). The Balaban J connectivity index is 1.46. The molecule has 1 saturated heterocycles. The fraction of sp³-hybridized carbons (Fsp3) is 0.250. The van der Waals surface area contributed by atoms with Gasteiger partial charge in [-0.1, -0.05) is 29.8 Å². The summed E-state index contributed by atoms with van der Waals surface area (Å²) < 4.78 is 5.57. The number of ether oxygens (including phenoxy) is 1. The first-order valence-corrected chi connectivity index (χ1v) is 12.4. The smallest absolute Gasteiger partial charge is 0.115 e. The summed E-state index contributed by atoms with van der Waals surface area (Å²) in [4.78, 5) is 15.9. The zero-order valence-corrected chi connectivity index (χ0v) is 20.0. The van der Waals surface area contributed by atoms with Gasteiger partial charge in [-0.25, -0.2) is 9.97 Å². The third-order valence-corrected chi connectivity index (χ3v) is 6.93. The van der Waals surface area contributed by atoms with Crippen LogP contribution < -0.4 is 10.2 Å². The Labute approximate surface area is 210 Å². The normalized spacial score (nSPS) is 21.1. The molecule has 1 unspecified atom stereocenters. The van der Waals surface area contributed by atoms with Crippen LogP contribution in [0.2, 0.25) is 5.02 Å². The Hall–Kier alpha value is -3.48. The van der Waals surface area contributed by atoms with Gasteiger partial charge in [0.25, 0.3) is 0 Å². The molecule has 1 aromatic heterocycles. The van der Waals surface area contributed by atoms with Crippen molar-refractivity contribution in [2.24, 2.45) is 10.9 Å². The van der Waals surface area contributed by atoms with Gasteiger partial charge in [0.15, 0.2) is 0 Å². The van der Waals surface area contributed by atoms with Crippen LogP contribution in [-0.2, 0) is 11.2 Å². The van der Waals surface area contributed by atoms with Crippen LogP contribution in [0, 0.1) is 5.92 Å². The van der Waals surface area contributed by atoms with E-state index in [1.165, 1.54) is 23.3 Å². The number of para-hydroxylation sites is 1. The van der Waals surface area contributed by atoms with Gasteiger partial charge >= 0.3 is 0 Å². The molecule has 3 heterocycles. The number of halogens is 1. The lowest BCUT2D eigenvalue weighted by molar-refractivity contribution is 0.0871. The second kappa shape index (κ2) is 9.64. The molecule has 1 fully saturated rings. The summed E-state index contributed by atoms with van der Waals surface area (Å²) in [5.41, 5.74) is 7.61. The quantitative estimate of drug-likeness (QED) is 0.496. The van der Waals surface area contributed by atoms with Crippen LogP contribution in [0.3, 0.4) is 0 Å². The number of rotatable bonds is 4. The number of fused-ring (bicyclic) bond motifs is 2. The zero-order chi connectivity index (χ0) is 23.6. The minimum atomic E-state index is 0.196. The molecule has 0 radical (unpaired) electrons. The zero-order valence-electron chi connectivity index (χ0n) is 19.3. The number of benzene rings is 2. The predicted octanol–water partition coefficient (Wildman–Crippen LogP) is 5.95. The van der Waals surface area contributed by atoms with Crippen molar-refractivity contribution >= 4 is 34.4 Å². The van der Waals surface area contributed by atoms with E-state index in [-0.39, 0.29) is 12.0 Å². The second-order valence-electron chi connectivity index (χ2n) is 9.01. The molecular weight excluding hydrogens is 458 g/mol. The van der Waals surface area contributed by atoms with E-state index in [0.717, 1.165) is 60.3 Å². The van der Waals surface area contributed by atoms with Crippen LogP contribution in [0.4, 0.5) is 17.1 Å². The number of hydrogen-bond donors (Lipinski definition) is 1. The topological polar surface area (TPSA) is 62.6 Å². The molecule has 0 spiro atoms. The monoisotopic (exact) mass is 483 g/mol.